The molecule has 6 heteroatoms. The van der Waals surface area contributed by atoms with Crippen molar-refractivity contribution < 1.29 is 14.3 Å². The maximum Gasteiger partial charge on any atom is 0.244 e. The molecule has 0 unspecified atom stereocenters. The first-order valence-electron chi connectivity index (χ1n) is 9.30. The van der Waals surface area contributed by atoms with E-state index < -0.39 is 0 Å². The molecule has 0 fully saturated rings. The van der Waals surface area contributed by atoms with Crippen LogP contribution >= 0.6 is 0 Å². The first-order valence-corrected chi connectivity index (χ1v) is 9.30. The van der Waals surface area contributed by atoms with Crippen LogP contribution in [-0.4, -0.2) is 30.9 Å². The standard InChI is InChI=1S/C23H25N3O3/c1-5-12-26-16(2)19(18-8-6-7-9-20(18)26)15-24-25-23(27)14-17-10-11-21(28-3)22(13-17)29-4/h5-11,13,15H,1,12,14H2,2-4H3,(H,25,27)/b24-15-. The highest BCUT2D eigenvalue weighted by Crippen LogP contribution is 2.27. The first kappa shape index (κ1) is 20.2. The third-order valence-electron chi connectivity index (χ3n) is 4.79. The number of fused-ring (bicyclic) bond motifs is 1. The number of carbonyl (C=O) groups excluding carboxylic acids is 1. The van der Waals surface area contributed by atoms with Crippen molar-refractivity contribution in [2.24, 2.45) is 5.10 Å². The number of rotatable bonds is 8. The van der Waals surface area contributed by atoms with Crippen molar-refractivity contribution in [3.05, 3.63) is 71.9 Å². The fraction of sp³-hybridized carbons (Fsp3) is 0.217. The predicted octanol–water partition coefficient (Wildman–Crippen LogP) is 3.85. The second-order valence-corrected chi connectivity index (χ2v) is 6.57. The number of methoxy groups -OCH3 is 2. The summed E-state index contributed by atoms with van der Waals surface area (Å²) in [5.41, 5.74) is 6.59. The van der Waals surface area contributed by atoms with Gasteiger partial charge >= 0.3 is 0 Å². The summed E-state index contributed by atoms with van der Waals surface area (Å²) in [5, 5.41) is 5.27. The van der Waals surface area contributed by atoms with Crippen molar-refractivity contribution in [3.63, 3.8) is 0 Å². The Hall–Kier alpha value is -3.54. The van der Waals surface area contributed by atoms with Gasteiger partial charge in [0, 0.05) is 28.7 Å². The molecule has 6 nitrogen and oxygen atoms in total. The number of para-hydroxylation sites is 1. The van der Waals surface area contributed by atoms with Gasteiger partial charge in [0.1, 0.15) is 0 Å². The molecule has 1 aromatic heterocycles. The van der Waals surface area contributed by atoms with Crippen molar-refractivity contribution in [2.75, 3.05) is 14.2 Å². The summed E-state index contributed by atoms with van der Waals surface area (Å²) >= 11 is 0. The smallest absolute Gasteiger partial charge is 0.244 e. The highest BCUT2D eigenvalue weighted by molar-refractivity contribution is 6.01. The maximum absolute atomic E-state index is 12.3. The van der Waals surface area contributed by atoms with Gasteiger partial charge in [-0.15, -0.1) is 6.58 Å². The van der Waals surface area contributed by atoms with E-state index in [4.69, 9.17) is 9.47 Å². The Labute approximate surface area is 170 Å². The second-order valence-electron chi connectivity index (χ2n) is 6.57. The van der Waals surface area contributed by atoms with Gasteiger partial charge in [-0.3, -0.25) is 4.79 Å². The van der Waals surface area contributed by atoms with E-state index in [0.29, 0.717) is 18.0 Å². The van der Waals surface area contributed by atoms with Crippen molar-refractivity contribution in [3.8, 4) is 11.5 Å². The van der Waals surface area contributed by atoms with E-state index in [1.807, 2.05) is 31.2 Å². The van der Waals surface area contributed by atoms with E-state index in [9.17, 15) is 4.79 Å². The summed E-state index contributed by atoms with van der Waals surface area (Å²) in [7, 11) is 3.14. The molecule has 0 spiro atoms. The highest BCUT2D eigenvalue weighted by Gasteiger charge is 2.12. The van der Waals surface area contributed by atoms with Crippen molar-refractivity contribution >= 4 is 23.0 Å². The van der Waals surface area contributed by atoms with Crippen LogP contribution in [0.2, 0.25) is 0 Å². The largest absolute Gasteiger partial charge is 0.493 e. The third kappa shape index (κ3) is 4.32. The summed E-state index contributed by atoms with van der Waals surface area (Å²) < 4.78 is 12.7. The minimum Gasteiger partial charge on any atom is -0.493 e. The zero-order chi connectivity index (χ0) is 20.8. The average Bonchev–Trinajstić information content (AvgIpc) is 3.00. The van der Waals surface area contributed by atoms with Gasteiger partial charge in [-0.2, -0.15) is 5.10 Å². The molecule has 0 aliphatic heterocycles. The van der Waals surface area contributed by atoms with Crippen LogP contribution in [0.15, 0.2) is 60.2 Å². The van der Waals surface area contributed by atoms with Crippen LogP contribution in [0.5, 0.6) is 11.5 Å². The summed E-state index contributed by atoms with van der Waals surface area (Å²) in [6.07, 6.45) is 3.75. The van der Waals surface area contributed by atoms with E-state index in [1.165, 1.54) is 0 Å². The zero-order valence-corrected chi connectivity index (χ0v) is 16.9. The fourth-order valence-electron chi connectivity index (χ4n) is 3.37. The average molecular weight is 391 g/mol. The number of hydrogen-bond donors (Lipinski definition) is 1. The number of ether oxygens (including phenoxy) is 2. The Morgan fingerprint density at radius 2 is 1.93 bits per heavy atom. The Morgan fingerprint density at radius 3 is 2.66 bits per heavy atom. The predicted molar refractivity (Wildman–Crippen MR) is 116 cm³/mol. The molecule has 0 atom stereocenters. The molecule has 2 aromatic carbocycles. The molecule has 3 aromatic rings. The molecule has 1 N–H and O–H groups in total. The quantitative estimate of drug-likeness (QED) is 0.360. The van der Waals surface area contributed by atoms with Crippen LogP contribution in [0.4, 0.5) is 0 Å². The van der Waals surface area contributed by atoms with Crippen LogP contribution in [0.3, 0.4) is 0 Å². The molecule has 1 amide bonds. The number of carbonyl (C=O) groups is 1. The molecule has 0 saturated heterocycles. The van der Waals surface area contributed by atoms with Crippen LogP contribution < -0.4 is 14.9 Å². The molecule has 150 valence electrons. The zero-order valence-electron chi connectivity index (χ0n) is 16.9. The number of amides is 1. The van der Waals surface area contributed by atoms with E-state index >= 15 is 0 Å². The van der Waals surface area contributed by atoms with Crippen LogP contribution in [0, 0.1) is 6.92 Å². The number of hydrazone groups is 1. The Balaban J connectivity index is 1.74. The number of hydrogen-bond acceptors (Lipinski definition) is 4. The molecule has 29 heavy (non-hydrogen) atoms. The SMILES string of the molecule is C=CCn1c(C)c(/C=N\NC(=O)Cc2ccc(OC)c(OC)c2)c2ccccc21. The summed E-state index contributed by atoms with van der Waals surface area (Å²) in [6, 6.07) is 13.5. The molecule has 0 saturated carbocycles. The lowest BCUT2D eigenvalue weighted by atomic mass is 10.1. The summed E-state index contributed by atoms with van der Waals surface area (Å²) in [4.78, 5) is 12.3. The van der Waals surface area contributed by atoms with E-state index in [-0.39, 0.29) is 12.3 Å². The Morgan fingerprint density at radius 1 is 1.17 bits per heavy atom. The van der Waals surface area contributed by atoms with E-state index in [1.54, 1.807) is 32.6 Å². The van der Waals surface area contributed by atoms with E-state index in [0.717, 1.165) is 27.7 Å². The molecule has 0 radical (unpaired) electrons. The van der Waals surface area contributed by atoms with Gasteiger partial charge in [-0.25, -0.2) is 5.43 Å². The molecular weight excluding hydrogens is 366 g/mol. The number of aromatic nitrogens is 1. The number of benzene rings is 2. The summed E-state index contributed by atoms with van der Waals surface area (Å²) in [6.45, 7) is 6.59. The molecule has 0 aliphatic rings. The van der Waals surface area contributed by atoms with Crippen molar-refractivity contribution in [1.29, 1.82) is 0 Å². The van der Waals surface area contributed by atoms with Gasteiger partial charge in [0.25, 0.3) is 0 Å². The summed E-state index contributed by atoms with van der Waals surface area (Å²) in [5.74, 6) is 1.01. The van der Waals surface area contributed by atoms with Crippen LogP contribution in [-0.2, 0) is 17.8 Å². The number of allylic oxidation sites excluding steroid dienone is 1. The topological polar surface area (TPSA) is 64.9 Å². The van der Waals surface area contributed by atoms with Gasteiger partial charge in [-0.1, -0.05) is 30.3 Å². The molecule has 1 heterocycles. The van der Waals surface area contributed by atoms with E-state index in [2.05, 4.69) is 33.8 Å². The Kier molecular flexibility index (Phi) is 6.34. The lowest BCUT2D eigenvalue weighted by Crippen LogP contribution is -2.19. The van der Waals surface area contributed by atoms with Gasteiger partial charge < -0.3 is 14.0 Å². The second kappa shape index (κ2) is 9.10. The monoisotopic (exact) mass is 391 g/mol. The van der Waals surface area contributed by atoms with Gasteiger partial charge in [0.15, 0.2) is 11.5 Å². The number of nitrogens with zero attached hydrogens (tertiary/aromatic N) is 2. The lowest BCUT2D eigenvalue weighted by molar-refractivity contribution is -0.120. The third-order valence-corrected chi connectivity index (χ3v) is 4.79. The Bertz CT molecular complexity index is 1070. The van der Waals surface area contributed by atoms with Crippen molar-refractivity contribution in [2.45, 2.75) is 19.9 Å². The molecule has 3 rings (SSSR count). The maximum atomic E-state index is 12.3. The molecule has 0 bridgehead atoms. The normalized spacial score (nSPS) is 11.0. The molecule has 0 aliphatic carbocycles. The van der Waals surface area contributed by atoms with Gasteiger partial charge in [0.05, 0.1) is 26.9 Å². The minimum absolute atomic E-state index is 0.189. The fourth-order valence-corrected chi connectivity index (χ4v) is 3.37. The van der Waals surface area contributed by atoms with Gasteiger partial charge in [-0.05, 0) is 30.7 Å². The van der Waals surface area contributed by atoms with Crippen LogP contribution in [0.1, 0.15) is 16.8 Å². The minimum atomic E-state index is -0.207. The van der Waals surface area contributed by atoms with Crippen molar-refractivity contribution in [1.82, 2.24) is 9.99 Å². The lowest BCUT2D eigenvalue weighted by Gasteiger charge is -2.09. The van der Waals surface area contributed by atoms with Crippen LogP contribution in [0.25, 0.3) is 10.9 Å². The molecular formula is C23H25N3O3. The highest BCUT2D eigenvalue weighted by atomic mass is 16.5. The van der Waals surface area contributed by atoms with Gasteiger partial charge in [0.2, 0.25) is 5.91 Å². The number of nitrogens with one attached hydrogen (secondary N) is 1. The first-order chi connectivity index (χ1) is 14.1.